The first kappa shape index (κ1) is 79.2. The molecule has 2 amide bonds. The Hall–Kier alpha value is -1.91. The summed E-state index contributed by atoms with van der Waals surface area (Å²) in [4.78, 5) is 25.7. The average Bonchev–Trinajstić information content (AvgIpc) is 1.63. The fourth-order valence-electron chi connectivity index (χ4n) is 10.1. The number of rotatable bonds is 35. The van der Waals surface area contributed by atoms with Gasteiger partial charge in [-0.05, 0) is 114 Å². The number of anilines is 1. The van der Waals surface area contributed by atoms with E-state index in [2.05, 4.69) is 22.8 Å². The van der Waals surface area contributed by atoms with Crippen LogP contribution in [-0.2, 0) is 79.8 Å². The molecule has 2 unspecified atom stereocenters. The van der Waals surface area contributed by atoms with Gasteiger partial charge in [0, 0.05) is 78.5 Å². The number of benzene rings is 2. The zero-order valence-corrected chi connectivity index (χ0v) is 59.0. The molecule has 0 bridgehead atoms. The van der Waals surface area contributed by atoms with Crippen LogP contribution in [0.4, 0.5) is 16.2 Å². The molecule has 0 saturated carbocycles. The third-order valence-corrected chi connectivity index (χ3v) is 17.4. The second-order valence-corrected chi connectivity index (χ2v) is 26.5. The summed E-state index contributed by atoms with van der Waals surface area (Å²) in [7, 11) is -18.9. The molecular formula is C55H77N4Na3O19S4. The van der Waals surface area contributed by atoms with E-state index in [-0.39, 0.29) is 146 Å². The third kappa shape index (κ3) is 26.8. The van der Waals surface area contributed by atoms with Crippen molar-refractivity contribution in [2.75, 3.05) is 95.4 Å². The van der Waals surface area contributed by atoms with Gasteiger partial charge >= 0.3 is 94.8 Å². The van der Waals surface area contributed by atoms with Crippen LogP contribution in [0.5, 0.6) is 0 Å². The number of carbonyl (C=O) groups is 2. The molecule has 2 heterocycles. The Morgan fingerprint density at radius 1 is 0.659 bits per heavy atom. The van der Waals surface area contributed by atoms with Crippen molar-refractivity contribution in [3.05, 3.63) is 95.8 Å². The van der Waals surface area contributed by atoms with Crippen LogP contribution in [0.2, 0.25) is 0 Å². The number of hydrogen-bond acceptors (Lipinski definition) is 20. The van der Waals surface area contributed by atoms with Crippen molar-refractivity contribution in [2.45, 2.75) is 125 Å². The molecule has 458 valence electrons. The van der Waals surface area contributed by atoms with E-state index < -0.39 is 78.7 Å². The van der Waals surface area contributed by atoms with Crippen molar-refractivity contribution in [1.29, 1.82) is 0 Å². The summed E-state index contributed by atoms with van der Waals surface area (Å²) in [5.41, 5.74) is 1.30. The van der Waals surface area contributed by atoms with Crippen LogP contribution in [0.3, 0.4) is 0 Å². The molecule has 3 aliphatic rings. The fourth-order valence-corrected chi connectivity index (χ4v) is 12.1. The smallest absolute Gasteiger partial charge is 0.748 e. The molecule has 0 aromatic heterocycles. The quantitative estimate of drug-likeness (QED) is 0.0167. The van der Waals surface area contributed by atoms with Crippen molar-refractivity contribution in [2.24, 2.45) is 0 Å². The number of nitrogens with zero attached hydrogens (tertiary/aromatic N) is 2. The predicted octanol–water partition coefficient (Wildman–Crippen LogP) is -3.72. The van der Waals surface area contributed by atoms with E-state index in [1.807, 2.05) is 6.92 Å². The number of carbonyl (C=O) groups excluding carboxylic acids is 2. The van der Waals surface area contributed by atoms with Crippen molar-refractivity contribution in [1.82, 2.24) is 10.6 Å². The van der Waals surface area contributed by atoms with Crippen LogP contribution in [0, 0.1) is 0 Å². The molecular weight excluding hydrogens is 1220 g/mol. The molecule has 2 atom stereocenters. The van der Waals surface area contributed by atoms with Crippen molar-refractivity contribution in [3.8, 4) is 0 Å². The summed E-state index contributed by atoms with van der Waals surface area (Å²) in [5, 5.41) is 5.55. The average molecular weight is 1300 g/mol. The summed E-state index contributed by atoms with van der Waals surface area (Å²) < 4.78 is 172. The predicted molar refractivity (Wildman–Crippen MR) is 301 cm³/mol. The molecule has 0 radical (unpaired) electrons. The minimum Gasteiger partial charge on any atom is -0.748 e. The summed E-state index contributed by atoms with van der Waals surface area (Å²) in [6.07, 6.45) is 19.0. The number of alkyl carbamates (subject to hydrolysis) is 1. The van der Waals surface area contributed by atoms with Crippen molar-refractivity contribution >= 4 is 69.6 Å². The Kier molecular flexibility index (Phi) is 35.5. The number of allylic oxidation sites excluding steroid dienone is 8. The van der Waals surface area contributed by atoms with Gasteiger partial charge in [-0.3, -0.25) is 4.79 Å². The van der Waals surface area contributed by atoms with Gasteiger partial charge in [-0.25, -0.2) is 38.5 Å². The number of fused-ring (bicyclic) bond motifs is 2. The third-order valence-electron chi connectivity index (χ3n) is 14.2. The zero-order valence-electron chi connectivity index (χ0n) is 49.8. The second-order valence-electron chi connectivity index (χ2n) is 20.7. The molecule has 2 aromatic rings. The Labute approximate surface area is 568 Å². The van der Waals surface area contributed by atoms with E-state index in [1.54, 1.807) is 53.7 Å². The molecule has 2 aromatic carbocycles. The zero-order chi connectivity index (χ0) is 60.0. The molecule has 2 N–H and O–H groups in total. The summed E-state index contributed by atoms with van der Waals surface area (Å²) in [6, 6.07) is 7.84. The molecule has 0 fully saturated rings. The van der Waals surface area contributed by atoms with Crippen LogP contribution >= 0.6 is 0 Å². The van der Waals surface area contributed by atoms with Crippen LogP contribution in [0.1, 0.15) is 109 Å². The number of ether oxygens (including phenoxy) is 5. The Morgan fingerprint density at radius 3 is 1.84 bits per heavy atom. The molecule has 85 heavy (non-hydrogen) atoms. The maximum Gasteiger partial charge on any atom is 1.00 e. The van der Waals surface area contributed by atoms with Gasteiger partial charge in [0.25, 0.3) is 0 Å². The molecule has 1 aliphatic carbocycles. The van der Waals surface area contributed by atoms with E-state index >= 15 is 0 Å². The number of amides is 2. The van der Waals surface area contributed by atoms with Gasteiger partial charge in [0.2, 0.25) is 11.6 Å². The first-order valence-corrected chi connectivity index (χ1v) is 33.4. The van der Waals surface area contributed by atoms with E-state index in [0.29, 0.717) is 112 Å². The van der Waals surface area contributed by atoms with Crippen LogP contribution in [0.15, 0.2) is 94.4 Å². The Morgan fingerprint density at radius 2 is 1.22 bits per heavy atom. The van der Waals surface area contributed by atoms with E-state index in [0.717, 1.165) is 38.2 Å². The Balaban J connectivity index is 0.00000822. The number of nitrogens with one attached hydrogen (secondary N) is 2. The van der Waals surface area contributed by atoms with Crippen LogP contribution in [0.25, 0.3) is 0 Å². The monoisotopic (exact) mass is 1290 g/mol. The van der Waals surface area contributed by atoms with Crippen LogP contribution in [-0.4, -0.2) is 171 Å². The molecule has 30 heteroatoms. The minimum atomic E-state index is -4.91. The molecule has 2 aliphatic heterocycles. The van der Waals surface area contributed by atoms with Crippen molar-refractivity contribution in [3.63, 3.8) is 0 Å². The largest absolute Gasteiger partial charge is 1.00 e. The maximum atomic E-state index is 12.7. The molecule has 23 nitrogen and oxygen atoms in total. The molecule has 5 rings (SSSR count). The number of hydrogen-bond donors (Lipinski definition) is 2. The van der Waals surface area contributed by atoms with Crippen molar-refractivity contribution < 1.29 is 178 Å². The van der Waals surface area contributed by atoms with Gasteiger partial charge in [-0.15, -0.1) is 0 Å². The minimum absolute atomic E-state index is 0. The summed E-state index contributed by atoms with van der Waals surface area (Å²) in [6.45, 7) is 8.86. The fraction of sp³-hybridized carbons (Fsp3) is 0.582. The summed E-state index contributed by atoms with van der Waals surface area (Å²) >= 11 is 0. The van der Waals surface area contributed by atoms with Crippen LogP contribution < -0.4 is 104 Å². The van der Waals surface area contributed by atoms with Gasteiger partial charge in [0.1, 0.15) is 32.9 Å². The first-order chi connectivity index (χ1) is 38.7. The first-order valence-electron chi connectivity index (χ1n) is 27.4. The maximum absolute atomic E-state index is 12.7. The SMILES string of the molecule is CC1(C)C(/C=C/C=C/C=C2/N(CCCS(=O)(=O)[O-])c3ccc(S(=O)(=O)[O-])cc3C2(C)CCCCCC(=O)NCCOCCOCCOCCOCCNC(=O)OC2CC/C=C/CCC2)=[N+](CCCS(=O)(=O)[O-])c2ccc(S(=O)(=O)[O-])cc21.[Na+].[Na+].[Na+]. The standard InChI is InChI=1S/C55H80N4O19S4.3Na/c1-54(2)46-41-44(81(68,69)70)22-24-48(46)58(29-15-39-79(62,63)64)50(54)19-11-7-12-20-51-55(3,47-42-45(82(71,72)73)23-25-49(47)59(51)30-16-40-80(65,66)67)26-14-8-13-21-52(60)56-27-31-74-33-35-76-37-38-77-36-34-75-32-28-57-53(61)78-43-17-9-5-4-6-10-18-43;;;/h4-5,7,11-12,19-20,22-25,41-43H,6,8-10,13-18,21,26-40H2,1-3H3,(H5-,56,57,60,61,62,63,64,65,66,67,68,69,70,71,72,73);;;/q;3*+1/p-3/b5-4+;;;. The number of unbranched alkanes of at least 4 members (excludes halogenated alkanes) is 2. The van der Waals surface area contributed by atoms with Gasteiger partial charge < -0.3 is 57.4 Å². The molecule has 0 saturated heterocycles. The molecule has 0 spiro atoms. The van der Waals surface area contributed by atoms with Gasteiger partial charge in [-0.2, -0.15) is 4.58 Å². The topological polar surface area (TPSA) is 339 Å². The van der Waals surface area contributed by atoms with E-state index in [1.165, 1.54) is 30.3 Å². The van der Waals surface area contributed by atoms with E-state index in [9.17, 15) is 61.5 Å². The van der Waals surface area contributed by atoms with Gasteiger partial charge in [0.15, 0.2) is 5.71 Å². The van der Waals surface area contributed by atoms with E-state index in [4.69, 9.17) is 23.7 Å². The van der Waals surface area contributed by atoms with Gasteiger partial charge in [-0.1, -0.05) is 43.2 Å². The Bertz CT molecular complexity index is 3120. The van der Waals surface area contributed by atoms with Gasteiger partial charge in [0.05, 0.1) is 88.3 Å². The normalized spacial score (nSPS) is 18.7. The summed E-state index contributed by atoms with van der Waals surface area (Å²) in [5.74, 6) is -1.51. The second kappa shape index (κ2) is 38.1.